The molecule has 0 saturated carbocycles. The summed E-state index contributed by atoms with van der Waals surface area (Å²) >= 11 is 0. The molecule has 0 aliphatic heterocycles. The molecule has 0 atom stereocenters. The SMILES string of the molecule is CC(C)CN(CC(=O)O)C(=O)CCNC(=O)c1ccco1. The number of rotatable bonds is 8. The Morgan fingerprint density at radius 3 is 2.62 bits per heavy atom. The van der Waals surface area contributed by atoms with Gasteiger partial charge in [-0.25, -0.2) is 0 Å². The van der Waals surface area contributed by atoms with E-state index in [1.165, 1.54) is 17.2 Å². The smallest absolute Gasteiger partial charge is 0.323 e. The molecule has 0 bridgehead atoms. The standard InChI is InChI=1S/C14H20N2O5/c1-10(2)8-16(9-13(18)19)12(17)5-6-15-14(20)11-4-3-7-21-11/h3-4,7,10H,5-6,8-9H2,1-2H3,(H,15,20)(H,18,19). The molecular formula is C14H20N2O5. The quantitative estimate of drug-likeness (QED) is 0.744. The predicted octanol–water partition coefficient (Wildman–Crippen LogP) is 0.969. The molecule has 1 aromatic heterocycles. The maximum absolute atomic E-state index is 12.0. The number of furan rings is 1. The fraction of sp³-hybridized carbons (Fsp3) is 0.500. The number of amides is 2. The Labute approximate surface area is 122 Å². The van der Waals surface area contributed by atoms with Crippen LogP contribution in [0, 0.1) is 5.92 Å². The topological polar surface area (TPSA) is 99.9 Å². The van der Waals surface area contributed by atoms with Crippen molar-refractivity contribution in [2.75, 3.05) is 19.6 Å². The van der Waals surface area contributed by atoms with Crippen LogP contribution in [0.1, 0.15) is 30.8 Å². The van der Waals surface area contributed by atoms with Gasteiger partial charge in [0.2, 0.25) is 5.91 Å². The number of hydrogen-bond donors (Lipinski definition) is 2. The normalized spacial score (nSPS) is 10.4. The molecule has 7 nitrogen and oxygen atoms in total. The summed E-state index contributed by atoms with van der Waals surface area (Å²) < 4.78 is 4.92. The van der Waals surface area contributed by atoms with Crippen LogP contribution >= 0.6 is 0 Å². The van der Waals surface area contributed by atoms with Crippen LogP contribution in [-0.4, -0.2) is 47.4 Å². The van der Waals surface area contributed by atoms with Gasteiger partial charge in [-0.05, 0) is 18.1 Å². The van der Waals surface area contributed by atoms with Gasteiger partial charge in [0.1, 0.15) is 6.54 Å². The third-order valence-electron chi connectivity index (χ3n) is 2.63. The molecule has 0 fully saturated rings. The first kappa shape index (κ1) is 16.7. The van der Waals surface area contributed by atoms with Gasteiger partial charge in [-0.15, -0.1) is 0 Å². The molecule has 0 unspecified atom stereocenters. The summed E-state index contributed by atoms with van der Waals surface area (Å²) in [6.45, 7) is 3.98. The zero-order valence-electron chi connectivity index (χ0n) is 12.2. The fourth-order valence-electron chi connectivity index (χ4n) is 1.79. The Kier molecular flexibility index (Phi) is 6.45. The van der Waals surface area contributed by atoms with Crippen LogP contribution in [0.4, 0.5) is 0 Å². The van der Waals surface area contributed by atoms with Gasteiger partial charge in [-0.3, -0.25) is 14.4 Å². The number of carboxylic acid groups (broad SMARTS) is 1. The number of carbonyl (C=O) groups excluding carboxylic acids is 2. The fourth-order valence-corrected chi connectivity index (χ4v) is 1.79. The molecule has 1 aromatic rings. The monoisotopic (exact) mass is 296 g/mol. The van der Waals surface area contributed by atoms with Gasteiger partial charge in [-0.1, -0.05) is 13.8 Å². The maximum atomic E-state index is 12.0. The van der Waals surface area contributed by atoms with Crippen molar-refractivity contribution in [2.24, 2.45) is 5.92 Å². The third-order valence-corrected chi connectivity index (χ3v) is 2.63. The molecule has 0 aliphatic carbocycles. The van der Waals surface area contributed by atoms with E-state index in [-0.39, 0.29) is 37.1 Å². The minimum absolute atomic E-state index is 0.0481. The second-order valence-corrected chi connectivity index (χ2v) is 5.05. The summed E-state index contributed by atoms with van der Waals surface area (Å²) in [7, 11) is 0. The van der Waals surface area contributed by atoms with Crippen LogP contribution in [0.25, 0.3) is 0 Å². The molecule has 116 valence electrons. The summed E-state index contributed by atoms with van der Waals surface area (Å²) in [6, 6.07) is 3.12. The molecule has 0 radical (unpaired) electrons. The number of hydrogen-bond acceptors (Lipinski definition) is 4. The molecule has 1 heterocycles. The highest BCUT2D eigenvalue weighted by Gasteiger charge is 2.18. The van der Waals surface area contributed by atoms with E-state index >= 15 is 0 Å². The minimum Gasteiger partial charge on any atom is -0.480 e. The van der Waals surface area contributed by atoms with Crippen molar-refractivity contribution in [1.29, 1.82) is 0 Å². The molecular weight excluding hydrogens is 276 g/mol. The largest absolute Gasteiger partial charge is 0.480 e. The first-order chi connectivity index (χ1) is 9.90. The van der Waals surface area contributed by atoms with E-state index in [9.17, 15) is 14.4 Å². The molecule has 0 spiro atoms. The number of carbonyl (C=O) groups is 3. The summed E-state index contributed by atoms with van der Waals surface area (Å²) in [4.78, 5) is 35.6. The molecule has 1 rings (SSSR count). The highest BCUT2D eigenvalue weighted by molar-refractivity contribution is 5.91. The van der Waals surface area contributed by atoms with Crippen LogP contribution in [0.3, 0.4) is 0 Å². The average molecular weight is 296 g/mol. The lowest BCUT2D eigenvalue weighted by atomic mass is 10.2. The lowest BCUT2D eigenvalue weighted by Crippen LogP contribution is -2.39. The first-order valence-electron chi connectivity index (χ1n) is 6.71. The Balaban J connectivity index is 2.42. The van der Waals surface area contributed by atoms with E-state index in [2.05, 4.69) is 5.32 Å². The number of aliphatic carboxylic acids is 1. The summed E-state index contributed by atoms with van der Waals surface area (Å²) in [6.07, 6.45) is 1.43. The van der Waals surface area contributed by atoms with Crippen LogP contribution in [0.2, 0.25) is 0 Å². The average Bonchev–Trinajstić information content (AvgIpc) is 2.90. The highest BCUT2D eigenvalue weighted by atomic mass is 16.4. The Morgan fingerprint density at radius 1 is 1.38 bits per heavy atom. The second-order valence-electron chi connectivity index (χ2n) is 5.05. The number of nitrogens with zero attached hydrogens (tertiary/aromatic N) is 1. The van der Waals surface area contributed by atoms with Gasteiger partial charge in [0.15, 0.2) is 5.76 Å². The first-order valence-corrected chi connectivity index (χ1v) is 6.71. The van der Waals surface area contributed by atoms with E-state index in [4.69, 9.17) is 9.52 Å². The zero-order valence-corrected chi connectivity index (χ0v) is 12.2. The van der Waals surface area contributed by atoms with Crippen molar-refractivity contribution < 1.29 is 23.9 Å². The van der Waals surface area contributed by atoms with Crippen molar-refractivity contribution in [3.8, 4) is 0 Å². The molecule has 0 aromatic carbocycles. The molecule has 7 heteroatoms. The Morgan fingerprint density at radius 2 is 2.10 bits per heavy atom. The highest BCUT2D eigenvalue weighted by Crippen LogP contribution is 2.02. The van der Waals surface area contributed by atoms with Gasteiger partial charge in [0.05, 0.1) is 6.26 Å². The van der Waals surface area contributed by atoms with Gasteiger partial charge in [-0.2, -0.15) is 0 Å². The van der Waals surface area contributed by atoms with Crippen molar-refractivity contribution in [3.63, 3.8) is 0 Å². The van der Waals surface area contributed by atoms with Gasteiger partial charge in [0, 0.05) is 19.5 Å². The maximum Gasteiger partial charge on any atom is 0.323 e. The van der Waals surface area contributed by atoms with E-state index in [1.807, 2.05) is 13.8 Å². The van der Waals surface area contributed by atoms with Crippen molar-refractivity contribution in [1.82, 2.24) is 10.2 Å². The van der Waals surface area contributed by atoms with Gasteiger partial charge >= 0.3 is 5.97 Å². The van der Waals surface area contributed by atoms with Crippen molar-refractivity contribution in [3.05, 3.63) is 24.2 Å². The minimum atomic E-state index is -1.05. The van der Waals surface area contributed by atoms with E-state index in [1.54, 1.807) is 6.07 Å². The number of nitrogens with one attached hydrogen (secondary N) is 1. The molecule has 2 N–H and O–H groups in total. The van der Waals surface area contributed by atoms with Crippen LogP contribution < -0.4 is 5.32 Å². The molecule has 0 saturated heterocycles. The molecule has 0 aliphatic rings. The lowest BCUT2D eigenvalue weighted by Gasteiger charge is -2.22. The van der Waals surface area contributed by atoms with E-state index < -0.39 is 11.9 Å². The second kappa shape index (κ2) is 8.08. The predicted molar refractivity (Wildman–Crippen MR) is 74.7 cm³/mol. The molecule has 21 heavy (non-hydrogen) atoms. The lowest BCUT2D eigenvalue weighted by molar-refractivity contribution is -0.144. The Hall–Kier alpha value is -2.31. The van der Waals surface area contributed by atoms with E-state index in [0.29, 0.717) is 6.54 Å². The molecule has 2 amide bonds. The van der Waals surface area contributed by atoms with Crippen LogP contribution in [-0.2, 0) is 9.59 Å². The Bertz CT molecular complexity index is 482. The van der Waals surface area contributed by atoms with Gasteiger partial charge < -0.3 is 19.7 Å². The van der Waals surface area contributed by atoms with Gasteiger partial charge in [0.25, 0.3) is 5.91 Å². The van der Waals surface area contributed by atoms with Crippen LogP contribution in [0.5, 0.6) is 0 Å². The zero-order chi connectivity index (χ0) is 15.8. The summed E-state index contributed by atoms with van der Waals surface area (Å²) in [5.74, 6) is -1.41. The van der Waals surface area contributed by atoms with Crippen molar-refractivity contribution >= 4 is 17.8 Å². The summed E-state index contributed by atoms with van der Waals surface area (Å²) in [5.41, 5.74) is 0. The van der Waals surface area contributed by atoms with Crippen molar-refractivity contribution in [2.45, 2.75) is 20.3 Å². The van der Waals surface area contributed by atoms with E-state index in [0.717, 1.165) is 0 Å². The number of carboxylic acids is 1. The van der Waals surface area contributed by atoms with Crippen LogP contribution in [0.15, 0.2) is 22.8 Å². The summed E-state index contributed by atoms with van der Waals surface area (Å²) in [5, 5.41) is 11.4. The third kappa shape index (κ3) is 6.11.